The van der Waals surface area contributed by atoms with Crippen molar-refractivity contribution in [2.75, 3.05) is 7.11 Å². The number of hydrogen-bond acceptors (Lipinski definition) is 3. The first-order chi connectivity index (χ1) is 15.5. The number of rotatable bonds is 4. The molecule has 0 bridgehead atoms. The maximum absolute atomic E-state index is 13.2. The summed E-state index contributed by atoms with van der Waals surface area (Å²) in [7, 11) is 1.59. The van der Waals surface area contributed by atoms with Crippen molar-refractivity contribution >= 4 is 33.8 Å². The number of furan rings is 1. The van der Waals surface area contributed by atoms with E-state index in [1.54, 1.807) is 19.3 Å². The normalized spacial score (nSPS) is 12.7. The molecule has 1 heterocycles. The van der Waals surface area contributed by atoms with Crippen LogP contribution in [0.1, 0.15) is 68.6 Å². The summed E-state index contributed by atoms with van der Waals surface area (Å²) in [5.41, 5.74) is 5.52. The Morgan fingerprint density at radius 1 is 0.818 bits per heavy atom. The zero-order valence-corrected chi connectivity index (χ0v) is 20.6. The molecule has 0 aliphatic carbocycles. The first-order valence-corrected chi connectivity index (χ1v) is 11.3. The molecule has 0 saturated heterocycles. The monoisotopic (exact) mass is 440 g/mol. The maximum Gasteiger partial charge on any atom is 0.189 e. The van der Waals surface area contributed by atoms with Crippen LogP contribution in [-0.4, -0.2) is 12.9 Å². The van der Waals surface area contributed by atoms with E-state index >= 15 is 0 Å². The molecule has 0 fully saturated rings. The predicted molar refractivity (Wildman–Crippen MR) is 137 cm³/mol. The molecule has 0 radical (unpaired) electrons. The number of ketones is 1. The van der Waals surface area contributed by atoms with Gasteiger partial charge in [-0.15, -0.1) is 0 Å². The van der Waals surface area contributed by atoms with Gasteiger partial charge < -0.3 is 9.15 Å². The highest BCUT2D eigenvalue weighted by atomic mass is 16.5. The summed E-state index contributed by atoms with van der Waals surface area (Å²) in [4.78, 5) is 13.2. The first kappa shape index (κ1) is 22.8. The van der Waals surface area contributed by atoms with Crippen molar-refractivity contribution in [2.45, 2.75) is 52.4 Å². The van der Waals surface area contributed by atoms with Crippen molar-refractivity contribution in [3.05, 3.63) is 82.9 Å². The number of benzene rings is 3. The minimum Gasteiger partial charge on any atom is -0.496 e. The Morgan fingerprint density at radius 2 is 1.45 bits per heavy atom. The van der Waals surface area contributed by atoms with Crippen molar-refractivity contribution < 1.29 is 13.9 Å². The highest BCUT2D eigenvalue weighted by molar-refractivity contribution is 6.13. The topological polar surface area (TPSA) is 39.4 Å². The van der Waals surface area contributed by atoms with Gasteiger partial charge in [-0.3, -0.25) is 4.79 Å². The number of para-hydroxylation sites is 1. The number of allylic oxidation sites excluding steroid dienone is 1. The van der Waals surface area contributed by atoms with Crippen molar-refractivity contribution in [2.24, 2.45) is 0 Å². The van der Waals surface area contributed by atoms with Crippen molar-refractivity contribution in [3.8, 4) is 5.75 Å². The molecule has 1 aromatic heterocycles. The van der Waals surface area contributed by atoms with Gasteiger partial charge >= 0.3 is 0 Å². The molecule has 0 amide bonds. The van der Waals surface area contributed by atoms with Gasteiger partial charge in [0.25, 0.3) is 0 Å². The number of methoxy groups -OCH3 is 1. The Morgan fingerprint density at radius 3 is 2.06 bits per heavy atom. The van der Waals surface area contributed by atoms with E-state index < -0.39 is 0 Å². The van der Waals surface area contributed by atoms with E-state index in [2.05, 4.69) is 59.7 Å². The second-order valence-corrected chi connectivity index (χ2v) is 10.7. The molecule has 0 spiro atoms. The van der Waals surface area contributed by atoms with Crippen LogP contribution in [-0.2, 0) is 10.8 Å². The fraction of sp³-hybridized carbons (Fsp3) is 0.300. The Balaban J connectivity index is 1.75. The Hall–Kier alpha value is -3.33. The molecular formula is C30H32O3. The van der Waals surface area contributed by atoms with E-state index in [0.717, 1.165) is 21.9 Å². The lowest BCUT2D eigenvalue weighted by molar-refractivity contribution is 0.104. The quantitative estimate of drug-likeness (QED) is 0.238. The summed E-state index contributed by atoms with van der Waals surface area (Å²) in [5.74, 6) is 0.426. The third-order valence-corrected chi connectivity index (χ3v) is 6.08. The predicted octanol–water partition coefficient (Wildman–Crippen LogP) is 8.09. The maximum atomic E-state index is 13.2. The van der Waals surface area contributed by atoms with Gasteiger partial charge in [0, 0.05) is 10.8 Å². The average molecular weight is 441 g/mol. The van der Waals surface area contributed by atoms with Crippen LogP contribution in [0.15, 0.2) is 65.1 Å². The van der Waals surface area contributed by atoms with Crippen LogP contribution in [0.4, 0.5) is 0 Å². The van der Waals surface area contributed by atoms with Gasteiger partial charge in [-0.2, -0.15) is 0 Å². The second-order valence-electron chi connectivity index (χ2n) is 10.7. The van der Waals surface area contributed by atoms with Gasteiger partial charge in [0.2, 0.25) is 0 Å². The van der Waals surface area contributed by atoms with Gasteiger partial charge in [-0.1, -0.05) is 84.0 Å². The van der Waals surface area contributed by atoms with Crippen LogP contribution >= 0.6 is 0 Å². The molecule has 0 aliphatic heterocycles. The molecule has 0 unspecified atom stereocenters. The summed E-state index contributed by atoms with van der Waals surface area (Å²) < 4.78 is 11.6. The highest BCUT2D eigenvalue weighted by Crippen LogP contribution is 2.35. The van der Waals surface area contributed by atoms with Crippen molar-refractivity contribution in [1.82, 2.24) is 0 Å². The number of ether oxygens (including phenoxy) is 1. The molecule has 3 heteroatoms. The number of hydrogen-bond donors (Lipinski definition) is 0. The highest BCUT2D eigenvalue weighted by Gasteiger charge is 2.20. The summed E-state index contributed by atoms with van der Waals surface area (Å²) in [6.07, 6.45) is 3.52. The summed E-state index contributed by atoms with van der Waals surface area (Å²) in [5, 5.41) is 1.95. The zero-order chi connectivity index (χ0) is 24.0. The molecule has 0 N–H and O–H groups in total. The lowest BCUT2D eigenvalue weighted by Gasteiger charge is -2.25. The fourth-order valence-electron chi connectivity index (χ4n) is 3.99. The van der Waals surface area contributed by atoms with Crippen LogP contribution in [0.25, 0.3) is 28.0 Å². The standard InChI is InChI=1S/C30H32O3/c1-29(2,3)20-14-19(15-21(16-20)30(4,5)6)12-13-25(31)24-18-28-23(17-27(24)32-7)22-10-8-9-11-26(22)33-28/h8-18H,1-7H3/b13-12+. The van der Waals surface area contributed by atoms with Crippen LogP contribution in [0.2, 0.25) is 0 Å². The minimum absolute atomic E-state index is 0.0173. The Labute approximate surface area is 196 Å². The van der Waals surface area contributed by atoms with Crippen LogP contribution in [0, 0.1) is 0 Å². The van der Waals surface area contributed by atoms with E-state index in [1.165, 1.54) is 11.1 Å². The van der Waals surface area contributed by atoms with Crippen molar-refractivity contribution in [3.63, 3.8) is 0 Å². The first-order valence-electron chi connectivity index (χ1n) is 11.3. The molecule has 0 aliphatic rings. The van der Waals surface area contributed by atoms with E-state index in [-0.39, 0.29) is 16.6 Å². The minimum atomic E-state index is -0.118. The molecule has 33 heavy (non-hydrogen) atoms. The third-order valence-electron chi connectivity index (χ3n) is 6.08. The Bertz CT molecular complexity index is 1340. The van der Waals surface area contributed by atoms with Gasteiger partial charge in [0.1, 0.15) is 16.9 Å². The number of carbonyl (C=O) groups is 1. The van der Waals surface area contributed by atoms with Crippen LogP contribution < -0.4 is 4.74 Å². The van der Waals surface area contributed by atoms with Crippen LogP contribution in [0.3, 0.4) is 0 Å². The Kier molecular flexibility index (Phi) is 5.69. The van der Waals surface area contributed by atoms with Gasteiger partial charge in [0.05, 0.1) is 12.7 Å². The van der Waals surface area contributed by atoms with E-state index in [0.29, 0.717) is 16.9 Å². The SMILES string of the molecule is COc1cc2c(cc1C(=O)/C=C/c1cc(C(C)(C)C)cc(C(C)(C)C)c1)oc1ccccc12. The second kappa shape index (κ2) is 8.22. The fourth-order valence-corrected chi connectivity index (χ4v) is 3.99. The molecular weight excluding hydrogens is 408 g/mol. The largest absolute Gasteiger partial charge is 0.496 e. The summed E-state index contributed by atoms with van der Waals surface area (Å²) in [6, 6.07) is 18.1. The van der Waals surface area contributed by atoms with Gasteiger partial charge in [-0.05, 0) is 51.8 Å². The molecule has 0 saturated carbocycles. The van der Waals surface area contributed by atoms with E-state index in [1.807, 2.05) is 36.4 Å². The average Bonchev–Trinajstić information content (AvgIpc) is 3.12. The number of carbonyl (C=O) groups excluding carboxylic acids is 1. The van der Waals surface area contributed by atoms with E-state index in [9.17, 15) is 4.79 Å². The molecule has 3 nitrogen and oxygen atoms in total. The molecule has 4 rings (SSSR count). The molecule has 0 atom stereocenters. The molecule has 170 valence electrons. The lowest BCUT2D eigenvalue weighted by atomic mass is 9.79. The van der Waals surface area contributed by atoms with Crippen LogP contribution in [0.5, 0.6) is 5.75 Å². The zero-order valence-electron chi connectivity index (χ0n) is 20.6. The smallest absolute Gasteiger partial charge is 0.189 e. The third kappa shape index (κ3) is 4.59. The summed E-state index contributed by atoms with van der Waals surface area (Å²) in [6.45, 7) is 13.3. The molecule has 3 aromatic carbocycles. The van der Waals surface area contributed by atoms with Gasteiger partial charge in [-0.25, -0.2) is 0 Å². The van der Waals surface area contributed by atoms with Crippen molar-refractivity contribution in [1.29, 1.82) is 0 Å². The lowest BCUT2D eigenvalue weighted by Crippen LogP contribution is -2.16. The van der Waals surface area contributed by atoms with Gasteiger partial charge in [0.15, 0.2) is 5.78 Å². The van der Waals surface area contributed by atoms with E-state index in [4.69, 9.17) is 9.15 Å². The summed E-state index contributed by atoms with van der Waals surface area (Å²) >= 11 is 0. The molecule has 4 aromatic rings. The number of fused-ring (bicyclic) bond motifs is 3.